The molecule has 0 bridgehead atoms. The van der Waals surface area contributed by atoms with Crippen molar-refractivity contribution in [2.45, 2.75) is 45.4 Å². The van der Waals surface area contributed by atoms with Crippen LogP contribution in [0, 0.1) is 0 Å². The Hall–Kier alpha value is 0.146. The third kappa shape index (κ3) is 3.72. The molecule has 0 nitrogen and oxygen atoms in total. The van der Waals surface area contributed by atoms with Crippen molar-refractivity contribution in [2.24, 2.45) is 0 Å². The van der Waals surface area contributed by atoms with Gasteiger partial charge in [-0.2, -0.15) is 48.3 Å². The van der Waals surface area contributed by atoms with Crippen molar-refractivity contribution in [3.63, 3.8) is 0 Å². The lowest BCUT2D eigenvalue weighted by Gasteiger charge is -2.40. The summed E-state index contributed by atoms with van der Waals surface area (Å²) in [6.07, 6.45) is -7.35. The Bertz CT molecular complexity index is 401. The van der Waals surface area contributed by atoms with E-state index in [9.17, 15) is 57.1 Å². The molecule has 0 rings (SSSR count). The molecule has 0 aliphatic carbocycles. The minimum Gasteiger partial charge on any atom is -0.235 e. The van der Waals surface area contributed by atoms with Crippen molar-refractivity contribution in [3.8, 4) is 0 Å². The van der Waals surface area contributed by atoms with E-state index in [0.29, 0.717) is 0 Å². The average Bonchev–Trinajstić information content (AvgIpc) is 2.26. The molecule has 0 N–H and O–H groups in total. The summed E-state index contributed by atoms with van der Waals surface area (Å²) in [7, 11) is 0. The highest BCUT2D eigenvalue weighted by atomic mass is 35.5. The molecule has 0 aromatic carbocycles. The fraction of sp³-hybridized carbons (Fsp3) is 1.00. The summed E-state index contributed by atoms with van der Waals surface area (Å²) in [5.41, 5.74) is 0. The number of alkyl halides is 13. The molecule has 0 radical (unpaired) electrons. The molecular formula is C8H6ClF13Mg. The van der Waals surface area contributed by atoms with E-state index >= 15 is 0 Å². The van der Waals surface area contributed by atoms with Gasteiger partial charge in [0.15, 0.2) is 4.05 Å². The highest BCUT2D eigenvalue weighted by Crippen LogP contribution is 2.60. The van der Waals surface area contributed by atoms with Crippen molar-refractivity contribution in [3.05, 3.63) is 0 Å². The van der Waals surface area contributed by atoms with Gasteiger partial charge in [0, 0.05) is 0 Å². The van der Waals surface area contributed by atoms with E-state index in [1.807, 2.05) is 0 Å². The smallest absolute Gasteiger partial charge is 0.235 e. The molecule has 0 atom stereocenters. The number of hydrogen-bond acceptors (Lipinski definition) is 0. The first-order valence-electron chi connectivity index (χ1n) is 5.27. The van der Waals surface area contributed by atoms with Crippen LogP contribution in [0.3, 0.4) is 0 Å². The van der Waals surface area contributed by atoms with Crippen molar-refractivity contribution in [2.75, 3.05) is 0 Å². The van der Waals surface area contributed by atoms with E-state index in [-0.39, 0.29) is 12.4 Å². The first kappa shape index (κ1) is 25.4. The summed E-state index contributed by atoms with van der Waals surface area (Å²) in [5.74, 6) is -30.1. The topological polar surface area (TPSA) is 0 Å². The lowest BCUT2D eigenvalue weighted by atomic mass is 9.98. The van der Waals surface area contributed by atoms with Gasteiger partial charge in [0.1, 0.15) is 0 Å². The van der Waals surface area contributed by atoms with Gasteiger partial charge in [0.05, 0.1) is 0 Å². The maximum Gasteiger partial charge on any atom is 0.487 e. The molecule has 0 saturated heterocycles. The summed E-state index contributed by atoms with van der Waals surface area (Å²) in [6, 6.07) is 0. The van der Waals surface area contributed by atoms with Crippen LogP contribution < -0.4 is 0 Å². The Kier molecular flexibility index (Phi) is 7.51. The fourth-order valence-corrected chi connectivity index (χ4v) is 2.44. The van der Waals surface area contributed by atoms with Crippen LogP contribution in [0.2, 0.25) is 4.55 Å². The molecule has 15 heteroatoms. The van der Waals surface area contributed by atoms with E-state index in [1.165, 1.54) is 0 Å². The molecule has 0 saturated carbocycles. The predicted molar refractivity (Wildman–Crippen MR) is 54.3 cm³/mol. The van der Waals surface area contributed by atoms with Gasteiger partial charge >= 0.3 is 50.2 Å². The van der Waals surface area contributed by atoms with E-state index in [0.717, 1.165) is 6.92 Å². The molecule has 0 aromatic rings. The number of halogens is 14. The molecule has 0 aromatic heterocycles. The Morgan fingerprint density at radius 2 is 0.870 bits per heavy atom. The molecule has 0 unspecified atom stereocenters. The first-order chi connectivity index (χ1) is 9.31. The lowest BCUT2D eigenvalue weighted by molar-refractivity contribution is -0.434. The minimum atomic E-state index is -7.78. The van der Waals surface area contributed by atoms with Crippen molar-refractivity contribution in [1.29, 1.82) is 0 Å². The number of hydrogen-bond donors (Lipinski definition) is 0. The standard InChI is InChI=1S/C6F13.C2H5.ClH.Mg/c7-1(8)2(9,10)3(11,12)4(13,14)5(15,16)6(17,18)19;1-2;;/h;1H2,2H3;1H;. The normalized spacial score (nSPS) is 15.0. The Labute approximate surface area is 135 Å². The van der Waals surface area contributed by atoms with E-state index in [1.54, 1.807) is 0 Å². The second kappa shape index (κ2) is 6.81. The Balaban J connectivity index is 0. The second-order valence-corrected chi connectivity index (χ2v) is 6.64. The Morgan fingerprint density at radius 3 is 1.13 bits per heavy atom. The van der Waals surface area contributed by atoms with Gasteiger partial charge in [0.2, 0.25) is 0 Å². The summed E-state index contributed by atoms with van der Waals surface area (Å²) in [6.45, 7) is 0.802. The summed E-state index contributed by atoms with van der Waals surface area (Å²) in [5, 5.41) is 0. The average molecular weight is 409 g/mol. The molecule has 0 heterocycles. The summed E-state index contributed by atoms with van der Waals surface area (Å²) < 4.78 is 156. The van der Waals surface area contributed by atoms with Crippen molar-refractivity contribution >= 4 is 32.8 Å². The summed E-state index contributed by atoms with van der Waals surface area (Å²) in [4.78, 5) is 0. The third-order valence-electron chi connectivity index (χ3n) is 2.56. The SMILES string of the molecule is C[CH2][Mg][C](F)(F)C(F)(F)C(F)(F)C(F)(F)C(F)(F)C(F)(F)F.Cl. The maximum atomic E-state index is 12.9. The van der Waals surface area contributed by atoms with Crippen molar-refractivity contribution in [1.82, 2.24) is 0 Å². The second-order valence-electron chi connectivity index (χ2n) is 4.25. The minimum absolute atomic E-state index is 0. The van der Waals surface area contributed by atoms with Crippen molar-refractivity contribution < 1.29 is 57.1 Å². The predicted octanol–water partition coefficient (Wildman–Crippen LogP) is 5.25. The maximum absolute atomic E-state index is 12.9. The van der Waals surface area contributed by atoms with Crippen LogP contribution in [0.1, 0.15) is 6.92 Å². The van der Waals surface area contributed by atoms with E-state index in [4.69, 9.17) is 0 Å². The van der Waals surface area contributed by atoms with Crippen LogP contribution in [0.15, 0.2) is 0 Å². The van der Waals surface area contributed by atoms with Crippen LogP contribution >= 0.6 is 12.4 Å². The molecule has 0 spiro atoms. The van der Waals surface area contributed by atoms with Crippen LogP contribution in [0.5, 0.6) is 0 Å². The van der Waals surface area contributed by atoms with Gasteiger partial charge in [0.25, 0.3) is 0 Å². The quantitative estimate of drug-likeness (QED) is 0.416. The Morgan fingerprint density at radius 1 is 0.565 bits per heavy atom. The molecule has 23 heavy (non-hydrogen) atoms. The molecule has 0 amide bonds. The van der Waals surface area contributed by atoms with Gasteiger partial charge in [-0.15, -0.1) is 17.0 Å². The van der Waals surface area contributed by atoms with Gasteiger partial charge in [-0.3, -0.25) is 0 Å². The number of rotatable bonds is 6. The van der Waals surface area contributed by atoms with E-state index in [2.05, 4.69) is 0 Å². The molecular weight excluding hydrogens is 403 g/mol. The first-order valence-corrected chi connectivity index (χ1v) is 6.97. The van der Waals surface area contributed by atoms with Gasteiger partial charge in [-0.05, 0) is 0 Å². The molecule has 0 fully saturated rings. The van der Waals surface area contributed by atoms with Crippen LogP contribution in [0.4, 0.5) is 57.1 Å². The van der Waals surface area contributed by atoms with Crippen LogP contribution in [0.25, 0.3) is 0 Å². The molecule has 0 aliphatic heterocycles. The monoisotopic (exact) mass is 408 g/mol. The highest BCUT2D eigenvalue weighted by Gasteiger charge is 2.89. The van der Waals surface area contributed by atoms with Crippen LogP contribution in [-0.2, 0) is 0 Å². The zero-order valence-corrected chi connectivity index (χ0v) is 13.0. The zero-order valence-electron chi connectivity index (χ0n) is 10.7. The zero-order chi connectivity index (χ0) is 18.4. The van der Waals surface area contributed by atoms with Gasteiger partial charge in [-0.1, -0.05) is 6.92 Å². The summed E-state index contributed by atoms with van der Waals surface area (Å²) >= 11 is -3.49. The third-order valence-corrected chi connectivity index (χ3v) is 4.13. The fourth-order valence-electron chi connectivity index (χ4n) is 1.27. The highest BCUT2D eigenvalue weighted by molar-refractivity contribution is 6.39. The lowest BCUT2D eigenvalue weighted by Crippen LogP contribution is -2.70. The molecule has 138 valence electrons. The van der Waals surface area contributed by atoms with Gasteiger partial charge in [-0.25, -0.2) is 8.78 Å². The van der Waals surface area contributed by atoms with Crippen LogP contribution in [-0.4, -0.2) is 54.3 Å². The largest absolute Gasteiger partial charge is 0.487 e. The van der Waals surface area contributed by atoms with E-state index < -0.39 is 58.8 Å². The van der Waals surface area contributed by atoms with Gasteiger partial charge < -0.3 is 0 Å². The molecule has 0 aliphatic rings.